The fourth-order valence-electron chi connectivity index (χ4n) is 11.0. The van der Waals surface area contributed by atoms with Crippen LogP contribution >= 0.6 is 0 Å². The van der Waals surface area contributed by atoms with E-state index >= 15 is 0 Å². The minimum absolute atomic E-state index is 0.360. The first-order valence-corrected chi connectivity index (χ1v) is 34.2. The first kappa shape index (κ1) is 72.8. The summed E-state index contributed by atoms with van der Waals surface area (Å²) in [5, 5.41) is 33.5. The number of aliphatic hydroxyl groups is 3. The number of hydrogen-bond donors (Lipinski definition) is 4. The van der Waals surface area contributed by atoms with Crippen molar-refractivity contribution in [3.63, 3.8) is 0 Å². The van der Waals surface area contributed by atoms with E-state index in [9.17, 15) is 20.1 Å². The monoisotopic (exact) mass is 1040 g/mol. The van der Waals surface area contributed by atoms with E-state index in [4.69, 9.17) is 0 Å². The Morgan fingerprint density at radius 2 is 0.541 bits per heavy atom. The van der Waals surface area contributed by atoms with Crippen molar-refractivity contribution in [2.75, 3.05) is 6.61 Å². The smallest absolute Gasteiger partial charge is 0.249 e. The minimum Gasteiger partial charge on any atom is -0.394 e. The van der Waals surface area contributed by atoms with Gasteiger partial charge in [-0.25, -0.2) is 0 Å². The molecule has 0 saturated carbocycles. The average Bonchev–Trinajstić information content (AvgIpc) is 3.41. The van der Waals surface area contributed by atoms with Gasteiger partial charge in [0.05, 0.1) is 18.8 Å². The lowest BCUT2D eigenvalue weighted by atomic mass is 10.0. The summed E-state index contributed by atoms with van der Waals surface area (Å²) in [6, 6.07) is -0.797. The first-order valence-electron chi connectivity index (χ1n) is 34.2. The normalized spacial score (nSPS) is 13.2. The van der Waals surface area contributed by atoms with E-state index in [1.165, 1.54) is 334 Å². The highest BCUT2D eigenvalue weighted by molar-refractivity contribution is 5.80. The molecule has 4 N–H and O–H groups in total. The van der Waals surface area contributed by atoms with Crippen LogP contribution in [0.2, 0.25) is 0 Å². The molecule has 5 heteroatoms. The van der Waals surface area contributed by atoms with Gasteiger partial charge in [0.15, 0.2) is 0 Å². The van der Waals surface area contributed by atoms with Gasteiger partial charge in [0.25, 0.3) is 0 Å². The van der Waals surface area contributed by atoms with Crippen molar-refractivity contribution >= 4 is 5.91 Å². The molecule has 0 aromatic carbocycles. The van der Waals surface area contributed by atoms with Gasteiger partial charge in [-0.15, -0.1) is 0 Å². The molecule has 0 fully saturated rings. The number of carbonyl (C=O) groups is 1. The summed E-state index contributed by atoms with van der Waals surface area (Å²) < 4.78 is 0. The average molecular weight is 1040 g/mol. The number of aliphatic hydroxyl groups excluding tert-OH is 3. The molecule has 5 nitrogen and oxygen atoms in total. The fraction of sp³-hybridized carbons (Fsp3) is 0.928. The summed E-state index contributed by atoms with van der Waals surface area (Å²) in [4.78, 5) is 12.6. The number of carbonyl (C=O) groups excluding carboxylic acids is 1. The Morgan fingerprint density at radius 1 is 0.324 bits per heavy atom. The number of unbranched alkanes of at least 4 members (excludes halogenated alkanes) is 54. The summed E-state index contributed by atoms with van der Waals surface area (Å²) >= 11 is 0. The zero-order valence-corrected chi connectivity index (χ0v) is 50.5. The van der Waals surface area contributed by atoms with E-state index in [2.05, 4.69) is 31.3 Å². The molecule has 0 aliphatic carbocycles. The van der Waals surface area contributed by atoms with Crippen molar-refractivity contribution in [3.8, 4) is 0 Å². The lowest BCUT2D eigenvalue weighted by Gasteiger charge is -2.21. The summed E-state index contributed by atoms with van der Waals surface area (Å²) in [6.45, 7) is 4.24. The van der Waals surface area contributed by atoms with Gasteiger partial charge in [0, 0.05) is 0 Å². The maximum absolute atomic E-state index is 12.6. The zero-order chi connectivity index (χ0) is 53.6. The topological polar surface area (TPSA) is 89.8 Å². The van der Waals surface area contributed by atoms with Gasteiger partial charge < -0.3 is 20.6 Å². The number of amides is 1. The van der Waals surface area contributed by atoms with Crippen LogP contribution in [0.5, 0.6) is 0 Å². The van der Waals surface area contributed by atoms with Crippen LogP contribution in [0.3, 0.4) is 0 Å². The van der Waals surface area contributed by atoms with Gasteiger partial charge in [0.1, 0.15) is 6.10 Å². The second kappa shape index (κ2) is 64.4. The third kappa shape index (κ3) is 58.5. The van der Waals surface area contributed by atoms with Crippen LogP contribution in [0.1, 0.15) is 386 Å². The highest BCUT2D eigenvalue weighted by atomic mass is 16.3. The second-order valence-electron chi connectivity index (χ2n) is 23.7. The van der Waals surface area contributed by atoms with Gasteiger partial charge in [-0.3, -0.25) is 4.79 Å². The van der Waals surface area contributed by atoms with Crippen LogP contribution in [-0.2, 0) is 4.79 Å². The Kier molecular flexibility index (Phi) is 63.3. The maximum Gasteiger partial charge on any atom is 0.249 e. The molecule has 3 unspecified atom stereocenters. The SMILES string of the molecule is CCCCCCCCCCCCCCCCCC/C=C\CCCCCCCCCCCCCCCCCCC(O)C(=O)NC(CO)C(O)/C=C/CCCCCCCCCCCCCCCCCCCCCCCC. The molecule has 0 spiro atoms. The van der Waals surface area contributed by atoms with Crippen LogP contribution in [0.15, 0.2) is 24.3 Å². The third-order valence-electron chi connectivity index (χ3n) is 16.3. The molecule has 0 rings (SSSR count). The van der Waals surface area contributed by atoms with Gasteiger partial charge in [-0.05, 0) is 44.9 Å². The molecule has 0 radical (unpaired) electrons. The number of nitrogens with one attached hydrogen (secondary N) is 1. The lowest BCUT2D eigenvalue weighted by molar-refractivity contribution is -0.131. The van der Waals surface area contributed by atoms with Crippen molar-refractivity contribution in [1.82, 2.24) is 5.32 Å². The van der Waals surface area contributed by atoms with Gasteiger partial charge in [-0.2, -0.15) is 0 Å². The predicted molar refractivity (Wildman–Crippen MR) is 328 cm³/mol. The Bertz CT molecular complexity index is 1110. The first-order chi connectivity index (χ1) is 36.6. The van der Waals surface area contributed by atoms with Crippen LogP contribution < -0.4 is 5.32 Å². The van der Waals surface area contributed by atoms with Crippen LogP contribution in [0, 0.1) is 0 Å². The number of hydrogen-bond acceptors (Lipinski definition) is 4. The molecular weight excluding hydrogens is 907 g/mol. The Balaban J connectivity index is 3.48. The summed E-state index contributed by atoms with van der Waals surface area (Å²) in [5.74, 6) is -0.495. The molecule has 0 aliphatic heterocycles. The standard InChI is InChI=1S/C69H135NO4/c1-3-5-7-9-11-13-15-17-19-21-23-25-27-29-30-31-32-33-34-35-36-37-38-39-40-42-44-46-48-50-52-54-56-58-60-62-64-68(73)69(74)70-66(65-71)67(72)63-61-59-57-55-53-51-49-47-45-43-41-28-26-24-22-20-18-16-14-12-10-8-6-4-2/h33-34,61,63,66-68,71-73H,3-32,35-60,62,64-65H2,1-2H3,(H,70,74)/b34-33-,63-61+. The van der Waals surface area contributed by atoms with Crippen molar-refractivity contribution in [2.24, 2.45) is 0 Å². The van der Waals surface area contributed by atoms with Crippen molar-refractivity contribution in [3.05, 3.63) is 24.3 Å². The zero-order valence-electron chi connectivity index (χ0n) is 50.5. The van der Waals surface area contributed by atoms with Crippen LogP contribution in [0.4, 0.5) is 0 Å². The van der Waals surface area contributed by atoms with E-state index in [0.29, 0.717) is 6.42 Å². The molecule has 0 heterocycles. The van der Waals surface area contributed by atoms with Crippen molar-refractivity contribution in [1.29, 1.82) is 0 Å². The number of allylic oxidation sites excluding steroid dienone is 3. The molecule has 0 aromatic rings. The maximum atomic E-state index is 12.6. The van der Waals surface area contributed by atoms with E-state index < -0.39 is 24.2 Å². The summed E-state index contributed by atoms with van der Waals surface area (Å²) in [5.41, 5.74) is 0. The minimum atomic E-state index is -1.10. The molecule has 0 bridgehead atoms. The summed E-state index contributed by atoms with van der Waals surface area (Å²) in [6.07, 6.45) is 84.6. The molecule has 440 valence electrons. The second-order valence-corrected chi connectivity index (χ2v) is 23.7. The van der Waals surface area contributed by atoms with Gasteiger partial charge in [-0.1, -0.05) is 366 Å². The van der Waals surface area contributed by atoms with E-state index in [1.807, 2.05) is 6.08 Å². The Morgan fingerprint density at radius 3 is 0.784 bits per heavy atom. The molecule has 1 amide bonds. The van der Waals surface area contributed by atoms with E-state index in [-0.39, 0.29) is 6.61 Å². The quantitative estimate of drug-likeness (QED) is 0.0361. The van der Waals surface area contributed by atoms with Crippen LogP contribution in [-0.4, -0.2) is 46.1 Å². The molecular formula is C69H135NO4. The number of rotatable bonds is 64. The Labute approximate surface area is 464 Å². The Hall–Kier alpha value is -1.17. The lowest BCUT2D eigenvalue weighted by Crippen LogP contribution is -2.48. The largest absolute Gasteiger partial charge is 0.394 e. The highest BCUT2D eigenvalue weighted by Crippen LogP contribution is 2.19. The molecule has 0 aliphatic rings. The van der Waals surface area contributed by atoms with Crippen molar-refractivity contribution < 1.29 is 20.1 Å². The molecule has 0 aromatic heterocycles. The fourth-order valence-corrected chi connectivity index (χ4v) is 11.0. The summed E-state index contributed by atoms with van der Waals surface area (Å²) in [7, 11) is 0. The third-order valence-corrected chi connectivity index (χ3v) is 16.3. The van der Waals surface area contributed by atoms with Crippen LogP contribution in [0.25, 0.3) is 0 Å². The molecule has 74 heavy (non-hydrogen) atoms. The van der Waals surface area contributed by atoms with Gasteiger partial charge in [0.2, 0.25) is 5.91 Å². The van der Waals surface area contributed by atoms with E-state index in [1.54, 1.807) is 6.08 Å². The molecule has 3 atom stereocenters. The van der Waals surface area contributed by atoms with E-state index in [0.717, 1.165) is 32.1 Å². The predicted octanol–water partition coefficient (Wildman–Crippen LogP) is 22.0. The highest BCUT2D eigenvalue weighted by Gasteiger charge is 2.22. The molecule has 0 saturated heterocycles. The van der Waals surface area contributed by atoms with Gasteiger partial charge >= 0.3 is 0 Å². The van der Waals surface area contributed by atoms with Crippen molar-refractivity contribution in [2.45, 2.75) is 405 Å².